The van der Waals surface area contributed by atoms with E-state index in [4.69, 9.17) is 4.42 Å². The Hall–Kier alpha value is -1.55. The van der Waals surface area contributed by atoms with E-state index >= 15 is 0 Å². The fraction of sp³-hybridized carbons (Fsp3) is 0.462. The van der Waals surface area contributed by atoms with Crippen molar-refractivity contribution in [3.05, 3.63) is 41.6 Å². The zero-order valence-corrected chi connectivity index (χ0v) is 10.3. The van der Waals surface area contributed by atoms with Gasteiger partial charge in [-0.25, -0.2) is 0 Å². The number of rotatable bonds is 5. The number of aryl methyl sites for hydroxylation is 2. The summed E-state index contributed by atoms with van der Waals surface area (Å²) < 4.78 is 7.19. The Balaban J connectivity index is 2.30. The molecule has 4 heteroatoms. The van der Waals surface area contributed by atoms with E-state index in [1.54, 1.807) is 12.5 Å². The lowest BCUT2D eigenvalue weighted by Gasteiger charge is -2.12. The summed E-state index contributed by atoms with van der Waals surface area (Å²) in [5.41, 5.74) is 1.66. The van der Waals surface area contributed by atoms with Crippen molar-refractivity contribution in [3.8, 4) is 0 Å². The van der Waals surface area contributed by atoms with E-state index in [-0.39, 0.29) is 0 Å². The molecule has 0 saturated carbocycles. The molecule has 0 bridgehead atoms. The minimum atomic E-state index is -0.655. The normalized spacial score (nSPS) is 12.9. The monoisotopic (exact) mass is 234 g/mol. The Labute approximate surface area is 101 Å². The van der Waals surface area contributed by atoms with Crippen molar-refractivity contribution in [3.63, 3.8) is 0 Å². The summed E-state index contributed by atoms with van der Waals surface area (Å²) in [5.74, 6) is 0.835. The molecule has 4 nitrogen and oxygen atoms in total. The first-order valence-corrected chi connectivity index (χ1v) is 6.04. The van der Waals surface area contributed by atoms with Gasteiger partial charge in [0.05, 0.1) is 12.0 Å². The van der Waals surface area contributed by atoms with Gasteiger partial charge in [0.2, 0.25) is 0 Å². The van der Waals surface area contributed by atoms with E-state index < -0.39 is 6.10 Å². The summed E-state index contributed by atoms with van der Waals surface area (Å²) >= 11 is 0. The molecular formula is C13H18N2O2. The van der Waals surface area contributed by atoms with Crippen molar-refractivity contribution in [2.75, 3.05) is 0 Å². The van der Waals surface area contributed by atoms with Crippen LogP contribution >= 0.6 is 0 Å². The smallest absolute Gasteiger partial charge is 0.124 e. The molecule has 0 radical (unpaired) electrons. The molecule has 0 amide bonds. The zero-order chi connectivity index (χ0) is 12.3. The van der Waals surface area contributed by atoms with Gasteiger partial charge >= 0.3 is 0 Å². The first-order valence-electron chi connectivity index (χ1n) is 6.04. The second-order valence-electron chi connectivity index (χ2n) is 4.03. The molecule has 1 unspecified atom stereocenters. The second kappa shape index (κ2) is 5.19. The summed E-state index contributed by atoms with van der Waals surface area (Å²) in [6, 6.07) is 3.68. The minimum absolute atomic E-state index is 0.655. The summed E-state index contributed by atoms with van der Waals surface area (Å²) in [4.78, 5) is 0. The van der Waals surface area contributed by atoms with Crippen LogP contribution in [0.25, 0.3) is 0 Å². The van der Waals surface area contributed by atoms with Gasteiger partial charge in [-0.15, -0.1) is 0 Å². The second-order valence-corrected chi connectivity index (χ2v) is 4.03. The molecule has 2 aromatic heterocycles. The van der Waals surface area contributed by atoms with Gasteiger partial charge in [-0.3, -0.25) is 4.68 Å². The topological polar surface area (TPSA) is 51.2 Å². The Morgan fingerprint density at radius 3 is 2.94 bits per heavy atom. The van der Waals surface area contributed by atoms with E-state index in [1.807, 2.05) is 23.7 Å². The van der Waals surface area contributed by atoms with E-state index in [1.165, 1.54) is 0 Å². The molecule has 92 valence electrons. The van der Waals surface area contributed by atoms with Gasteiger partial charge < -0.3 is 9.52 Å². The van der Waals surface area contributed by atoms with E-state index in [9.17, 15) is 5.11 Å². The van der Waals surface area contributed by atoms with Crippen LogP contribution in [0.15, 0.2) is 29.0 Å². The number of nitrogens with zero attached hydrogens (tertiary/aromatic N) is 2. The van der Waals surface area contributed by atoms with Crippen molar-refractivity contribution < 1.29 is 9.52 Å². The molecule has 0 saturated heterocycles. The molecule has 0 aromatic carbocycles. The molecule has 1 atom stereocenters. The highest BCUT2D eigenvalue weighted by Gasteiger charge is 2.19. The molecular weight excluding hydrogens is 216 g/mol. The van der Waals surface area contributed by atoms with Crippen LogP contribution < -0.4 is 0 Å². The molecule has 2 heterocycles. The molecule has 17 heavy (non-hydrogen) atoms. The Morgan fingerprint density at radius 1 is 1.41 bits per heavy atom. The van der Waals surface area contributed by atoms with Crippen LogP contribution in [-0.4, -0.2) is 14.9 Å². The number of hydrogen-bond donors (Lipinski definition) is 1. The van der Waals surface area contributed by atoms with Crippen molar-refractivity contribution >= 4 is 0 Å². The lowest BCUT2D eigenvalue weighted by molar-refractivity contribution is 0.204. The number of hydrogen-bond acceptors (Lipinski definition) is 3. The maximum Gasteiger partial charge on any atom is 0.124 e. The van der Waals surface area contributed by atoms with E-state index in [0.717, 1.165) is 36.4 Å². The lowest BCUT2D eigenvalue weighted by Crippen LogP contribution is -2.10. The van der Waals surface area contributed by atoms with Crippen LogP contribution in [0.2, 0.25) is 0 Å². The molecule has 0 spiro atoms. The van der Waals surface area contributed by atoms with Crippen LogP contribution in [-0.2, 0) is 13.0 Å². The van der Waals surface area contributed by atoms with Crippen LogP contribution in [0.1, 0.15) is 43.4 Å². The third-order valence-electron chi connectivity index (χ3n) is 2.86. The Bertz CT molecular complexity index is 473. The van der Waals surface area contributed by atoms with Gasteiger partial charge in [0, 0.05) is 24.7 Å². The molecule has 0 fully saturated rings. The van der Waals surface area contributed by atoms with Crippen LogP contribution in [0, 0.1) is 0 Å². The molecule has 2 aromatic rings. The average molecular weight is 234 g/mol. The van der Waals surface area contributed by atoms with Gasteiger partial charge in [-0.1, -0.05) is 13.8 Å². The predicted octanol–water partition coefficient (Wildman–Crippen LogP) is 2.53. The number of aliphatic hydroxyl groups is 1. The van der Waals surface area contributed by atoms with Crippen LogP contribution in [0.3, 0.4) is 0 Å². The Kier molecular flexibility index (Phi) is 3.64. The van der Waals surface area contributed by atoms with Crippen molar-refractivity contribution in [2.45, 2.75) is 39.3 Å². The standard InChI is InChI=1S/C13H18N2O2/c1-3-8-15-11(5-7-14-15)13(16)10-6-9-17-12(10)4-2/h5-7,9,13,16H,3-4,8H2,1-2H3. The molecule has 1 N–H and O–H groups in total. The van der Waals surface area contributed by atoms with E-state index in [0.29, 0.717) is 0 Å². The van der Waals surface area contributed by atoms with Gasteiger partial charge in [-0.05, 0) is 18.6 Å². The molecule has 0 aliphatic rings. The highest BCUT2D eigenvalue weighted by atomic mass is 16.3. The largest absolute Gasteiger partial charge is 0.469 e. The summed E-state index contributed by atoms with van der Waals surface area (Å²) in [6.07, 6.45) is 4.46. The fourth-order valence-corrected chi connectivity index (χ4v) is 2.01. The maximum absolute atomic E-state index is 10.4. The quantitative estimate of drug-likeness (QED) is 0.864. The van der Waals surface area contributed by atoms with Gasteiger partial charge in [0.15, 0.2) is 0 Å². The fourth-order valence-electron chi connectivity index (χ4n) is 2.01. The first-order chi connectivity index (χ1) is 8.27. The predicted molar refractivity (Wildman–Crippen MR) is 64.7 cm³/mol. The number of aliphatic hydroxyl groups excluding tert-OH is 1. The number of aromatic nitrogens is 2. The SMILES string of the molecule is CCCn1nccc1C(O)c1ccoc1CC. The summed E-state index contributed by atoms with van der Waals surface area (Å²) in [7, 11) is 0. The average Bonchev–Trinajstić information content (AvgIpc) is 2.96. The van der Waals surface area contributed by atoms with Gasteiger partial charge in [0.25, 0.3) is 0 Å². The Morgan fingerprint density at radius 2 is 2.24 bits per heavy atom. The van der Waals surface area contributed by atoms with E-state index in [2.05, 4.69) is 12.0 Å². The van der Waals surface area contributed by atoms with Crippen molar-refractivity contribution in [1.29, 1.82) is 0 Å². The highest BCUT2D eigenvalue weighted by molar-refractivity contribution is 5.27. The maximum atomic E-state index is 10.4. The van der Waals surface area contributed by atoms with Crippen LogP contribution in [0.4, 0.5) is 0 Å². The van der Waals surface area contributed by atoms with Gasteiger partial charge in [0.1, 0.15) is 11.9 Å². The molecule has 0 aliphatic carbocycles. The first kappa shape index (κ1) is 11.9. The van der Waals surface area contributed by atoms with Crippen molar-refractivity contribution in [2.24, 2.45) is 0 Å². The van der Waals surface area contributed by atoms with Gasteiger partial charge in [-0.2, -0.15) is 5.10 Å². The molecule has 0 aliphatic heterocycles. The number of furan rings is 1. The van der Waals surface area contributed by atoms with Crippen LogP contribution in [0.5, 0.6) is 0 Å². The summed E-state index contributed by atoms with van der Waals surface area (Å²) in [5, 5.41) is 14.6. The third kappa shape index (κ3) is 2.26. The zero-order valence-electron chi connectivity index (χ0n) is 10.3. The summed E-state index contributed by atoms with van der Waals surface area (Å²) in [6.45, 7) is 4.92. The van der Waals surface area contributed by atoms with Crippen molar-refractivity contribution in [1.82, 2.24) is 9.78 Å². The lowest BCUT2D eigenvalue weighted by atomic mass is 10.1. The minimum Gasteiger partial charge on any atom is -0.469 e. The third-order valence-corrected chi connectivity index (χ3v) is 2.86. The molecule has 2 rings (SSSR count). The highest BCUT2D eigenvalue weighted by Crippen LogP contribution is 2.26.